The highest BCUT2D eigenvalue weighted by atomic mass is 32.2. The van der Waals surface area contributed by atoms with E-state index in [-0.39, 0.29) is 36.6 Å². The summed E-state index contributed by atoms with van der Waals surface area (Å²) in [6.07, 6.45) is -1.70. The van der Waals surface area contributed by atoms with E-state index in [0.717, 1.165) is 10.9 Å². The molecule has 0 spiro atoms. The molecule has 0 aliphatic heterocycles. The third-order valence-electron chi connectivity index (χ3n) is 6.91. The summed E-state index contributed by atoms with van der Waals surface area (Å²) in [4.78, 5) is 92.0. The molecule has 6 amide bonds. The van der Waals surface area contributed by atoms with Gasteiger partial charge in [0.2, 0.25) is 23.6 Å². The van der Waals surface area contributed by atoms with E-state index in [2.05, 4.69) is 40.9 Å². The lowest BCUT2D eigenvalue weighted by molar-refractivity contribution is -0.156. The summed E-state index contributed by atoms with van der Waals surface area (Å²) < 4.78 is 15.4. The zero-order valence-electron chi connectivity index (χ0n) is 31.3. The van der Waals surface area contributed by atoms with Gasteiger partial charge in [-0.25, -0.2) is 14.4 Å². The van der Waals surface area contributed by atoms with Gasteiger partial charge >= 0.3 is 18.2 Å². The van der Waals surface area contributed by atoms with Crippen LogP contribution >= 0.6 is 11.8 Å². The topological polar surface area (TPSA) is 202 Å². The van der Waals surface area contributed by atoms with Crippen LogP contribution in [-0.4, -0.2) is 135 Å². The highest BCUT2D eigenvalue weighted by molar-refractivity contribution is 7.99. The van der Waals surface area contributed by atoms with Crippen molar-refractivity contribution in [1.29, 1.82) is 0 Å². The van der Waals surface area contributed by atoms with Crippen molar-refractivity contribution in [2.45, 2.75) is 104 Å². The molecule has 4 atom stereocenters. The van der Waals surface area contributed by atoms with Crippen LogP contribution in [0.4, 0.5) is 9.59 Å². The van der Waals surface area contributed by atoms with Crippen molar-refractivity contribution in [2.75, 3.05) is 46.0 Å². The monoisotopic (exact) mass is 734 g/mol. The molecule has 0 aromatic heterocycles. The molecule has 282 valence electrons. The minimum Gasteiger partial charge on any atom is -0.467 e. The predicted molar refractivity (Wildman–Crippen MR) is 189 cm³/mol. The smallest absolute Gasteiger partial charge is 0.408 e. The van der Waals surface area contributed by atoms with E-state index in [0.29, 0.717) is 0 Å². The number of methoxy groups -OCH3 is 1. The number of carbonyl (C=O) groups is 7. The maximum absolute atomic E-state index is 13.8. The predicted octanol–water partition coefficient (Wildman–Crippen LogP) is 1.76. The number of likely N-dealkylation sites (N-methyl/N-ethyl adjacent to an activating group) is 2. The number of amides is 6. The lowest BCUT2D eigenvalue weighted by Crippen LogP contribution is -2.60. The summed E-state index contributed by atoms with van der Waals surface area (Å²) in [6.45, 7) is 17.4. The van der Waals surface area contributed by atoms with Crippen LogP contribution in [0, 0.1) is 5.92 Å². The number of esters is 1. The van der Waals surface area contributed by atoms with Crippen LogP contribution in [0.1, 0.15) is 48.5 Å². The highest BCUT2D eigenvalue weighted by Crippen LogP contribution is 2.17. The second-order valence-corrected chi connectivity index (χ2v) is 20.8. The van der Waals surface area contributed by atoms with Gasteiger partial charge in [0, 0.05) is 34.8 Å². The molecule has 0 unspecified atom stereocenters. The van der Waals surface area contributed by atoms with Gasteiger partial charge in [-0.1, -0.05) is 33.5 Å². The number of hydrogen-bond donors (Lipinski definition) is 4. The Balaban J connectivity index is 6.01. The first-order valence-corrected chi connectivity index (χ1v) is 20.9. The Labute approximate surface area is 295 Å². The quantitative estimate of drug-likeness (QED) is 0.0526. The van der Waals surface area contributed by atoms with Gasteiger partial charge in [0.05, 0.1) is 26.1 Å². The van der Waals surface area contributed by atoms with Gasteiger partial charge < -0.3 is 45.3 Å². The van der Waals surface area contributed by atoms with E-state index in [4.69, 9.17) is 14.2 Å². The Morgan fingerprint density at radius 1 is 0.857 bits per heavy atom. The first-order valence-electron chi connectivity index (χ1n) is 16.1. The number of nitrogens with one attached hydrogen (secondary N) is 4. The molecule has 0 aromatic carbocycles. The van der Waals surface area contributed by atoms with Crippen molar-refractivity contribution in [2.24, 2.45) is 5.92 Å². The van der Waals surface area contributed by atoms with Gasteiger partial charge in [-0.3, -0.25) is 19.2 Å². The normalized spacial score (nSPS) is 13.9. The summed E-state index contributed by atoms with van der Waals surface area (Å²) in [5, 5.41) is 10.0. The Morgan fingerprint density at radius 2 is 1.45 bits per heavy atom. The molecule has 18 heteroatoms. The van der Waals surface area contributed by atoms with E-state index in [9.17, 15) is 33.6 Å². The fourth-order valence-electron chi connectivity index (χ4n) is 4.22. The van der Waals surface area contributed by atoms with Crippen molar-refractivity contribution >= 4 is 61.6 Å². The van der Waals surface area contributed by atoms with Crippen LogP contribution in [0.2, 0.25) is 25.7 Å². The number of carbonyl (C=O) groups excluding carboxylic acids is 7. The average Bonchev–Trinajstić information content (AvgIpc) is 2.95. The Morgan fingerprint density at radius 3 is 1.94 bits per heavy atom. The number of rotatable bonds is 18. The number of thioether (sulfide) groups is 1. The van der Waals surface area contributed by atoms with Gasteiger partial charge in [0.1, 0.15) is 29.8 Å². The molecule has 4 N–H and O–H groups in total. The van der Waals surface area contributed by atoms with E-state index < -0.39 is 73.7 Å². The van der Waals surface area contributed by atoms with E-state index in [1.54, 1.807) is 34.6 Å². The molecule has 0 saturated carbocycles. The average molecular weight is 735 g/mol. The first kappa shape index (κ1) is 45.5. The SMILES string of the molecule is COC(=O)[C@H](C(C)C)N(C)C(=O)[C@H](CSCNC(C)=O)N(C)C(=O)[C@H](C)NC(=O)[C@@H](CNC(=O)OCC[Si](C)(C)C)NC(=O)OC(C)(C)C. The van der Waals surface area contributed by atoms with Crippen molar-refractivity contribution in [3.05, 3.63) is 0 Å². The van der Waals surface area contributed by atoms with E-state index in [1.165, 1.54) is 51.7 Å². The third-order valence-corrected chi connectivity index (χ3v) is 9.51. The minimum absolute atomic E-state index is 0.0465. The summed E-state index contributed by atoms with van der Waals surface area (Å²) in [7, 11) is 2.58. The van der Waals surface area contributed by atoms with Crippen molar-refractivity contribution in [1.82, 2.24) is 31.1 Å². The maximum Gasteiger partial charge on any atom is 0.408 e. The largest absolute Gasteiger partial charge is 0.467 e. The third kappa shape index (κ3) is 18.1. The highest BCUT2D eigenvalue weighted by Gasteiger charge is 2.38. The molecule has 0 bridgehead atoms. The lowest BCUT2D eigenvalue weighted by Gasteiger charge is -2.36. The van der Waals surface area contributed by atoms with Crippen molar-refractivity contribution in [3.8, 4) is 0 Å². The van der Waals surface area contributed by atoms with Crippen molar-refractivity contribution < 1.29 is 47.8 Å². The molecule has 0 rings (SSSR count). The van der Waals surface area contributed by atoms with E-state index in [1.807, 2.05) is 0 Å². The fourth-order valence-corrected chi connectivity index (χ4v) is 5.95. The molecule has 0 radical (unpaired) electrons. The molecule has 0 aliphatic rings. The molecule has 0 aromatic rings. The minimum atomic E-state index is -1.46. The van der Waals surface area contributed by atoms with Crippen molar-refractivity contribution in [3.63, 3.8) is 0 Å². The van der Waals surface area contributed by atoms with Gasteiger partial charge in [-0.05, 0) is 39.7 Å². The molecule has 0 fully saturated rings. The lowest BCUT2D eigenvalue weighted by atomic mass is 10.0. The Hall–Kier alpha value is -3.54. The number of alkyl carbamates (subject to hydrolysis) is 2. The van der Waals surface area contributed by atoms with Gasteiger partial charge in [0.15, 0.2) is 0 Å². The summed E-state index contributed by atoms with van der Waals surface area (Å²) in [5.41, 5.74) is -0.880. The van der Waals surface area contributed by atoms with Crippen LogP contribution in [0.15, 0.2) is 0 Å². The standard InChI is InChI=1S/C31H58N6O10SSi/c1-19(2)24(28(42)45-10)37(9)27(41)23(17-48-18-33-21(4)38)36(8)26(40)20(3)34-25(39)22(35-30(44)47-31(5,6)7)16-32-29(43)46-14-15-49(11,12)13/h19-20,22-24H,14-18H2,1-13H3,(H,32,43)(H,33,38)(H,34,39)(H,35,44)/t20-,22+,23-,24-/m0/s1. The zero-order chi connectivity index (χ0) is 38.3. The van der Waals surface area contributed by atoms with Gasteiger partial charge in [0.25, 0.3) is 0 Å². The van der Waals surface area contributed by atoms with Gasteiger partial charge in [-0.2, -0.15) is 0 Å². The fraction of sp³-hybridized carbons (Fsp3) is 0.774. The molecule has 16 nitrogen and oxygen atoms in total. The van der Waals surface area contributed by atoms with Gasteiger partial charge in [-0.15, -0.1) is 11.8 Å². The second-order valence-electron chi connectivity index (χ2n) is 14.1. The summed E-state index contributed by atoms with van der Waals surface area (Å²) in [6, 6.07) is -3.87. The van der Waals surface area contributed by atoms with Crippen LogP contribution in [0.25, 0.3) is 0 Å². The van der Waals surface area contributed by atoms with Crippen LogP contribution in [0.5, 0.6) is 0 Å². The number of hydrogen-bond acceptors (Lipinski definition) is 11. The Kier molecular flexibility index (Phi) is 19.3. The number of nitrogens with zero attached hydrogens (tertiary/aromatic N) is 2. The molecule has 0 saturated heterocycles. The van der Waals surface area contributed by atoms with E-state index >= 15 is 0 Å². The zero-order valence-corrected chi connectivity index (χ0v) is 33.1. The molecular formula is C31H58N6O10SSi. The molecule has 49 heavy (non-hydrogen) atoms. The summed E-state index contributed by atoms with van der Waals surface area (Å²) in [5.74, 6) is -3.03. The molecule has 0 aliphatic carbocycles. The molecule has 0 heterocycles. The number of ether oxygens (including phenoxy) is 3. The van der Waals surface area contributed by atoms with Crippen LogP contribution in [0.3, 0.4) is 0 Å². The van der Waals surface area contributed by atoms with Crippen LogP contribution in [-0.2, 0) is 38.2 Å². The first-order chi connectivity index (χ1) is 22.4. The Bertz CT molecular complexity index is 1160. The second kappa shape index (κ2) is 20.8. The molecular weight excluding hydrogens is 677 g/mol. The summed E-state index contributed by atoms with van der Waals surface area (Å²) >= 11 is 1.19. The van der Waals surface area contributed by atoms with Crippen LogP contribution < -0.4 is 21.3 Å². The maximum atomic E-state index is 13.8.